The summed E-state index contributed by atoms with van der Waals surface area (Å²) in [5, 5.41) is 0. The fourth-order valence-corrected chi connectivity index (χ4v) is 2.91. The highest BCUT2D eigenvalue weighted by atomic mass is 31.1. The maximum absolute atomic E-state index is 12.1. The molecule has 1 aromatic rings. The molecule has 0 saturated carbocycles. The first-order valence-electron chi connectivity index (χ1n) is 6.19. The lowest BCUT2D eigenvalue weighted by Crippen LogP contribution is -2.03. The van der Waals surface area contributed by atoms with Gasteiger partial charge in [0, 0.05) is 0 Å². The van der Waals surface area contributed by atoms with Crippen LogP contribution in [0.15, 0.2) is 12.1 Å². The summed E-state index contributed by atoms with van der Waals surface area (Å²) < 4.78 is 16.9. The van der Waals surface area contributed by atoms with E-state index in [-0.39, 0.29) is 0 Å². The second-order valence-corrected chi connectivity index (χ2v) is 5.70. The third-order valence-corrected chi connectivity index (χ3v) is 3.74. The molecule has 0 aliphatic rings. The highest BCUT2D eigenvalue weighted by Crippen LogP contribution is 2.31. The summed E-state index contributed by atoms with van der Waals surface area (Å²) in [4.78, 5) is 12.1. The SMILES string of the molecule is CCCCO[P+](=O)C(=O)c1c(C)cc(C)cc1C. The number of rotatable bonds is 6. The van der Waals surface area contributed by atoms with E-state index in [1.165, 1.54) is 0 Å². The largest absolute Gasteiger partial charge is 0.593 e. The maximum Gasteiger partial charge on any atom is 0.593 e. The van der Waals surface area contributed by atoms with Crippen LogP contribution in [0.5, 0.6) is 0 Å². The summed E-state index contributed by atoms with van der Waals surface area (Å²) in [6.07, 6.45) is 1.78. The van der Waals surface area contributed by atoms with Crippen molar-refractivity contribution in [2.45, 2.75) is 40.5 Å². The molecule has 18 heavy (non-hydrogen) atoms. The molecule has 3 nitrogen and oxygen atoms in total. The summed E-state index contributed by atoms with van der Waals surface area (Å²) in [6.45, 7) is 8.10. The Hall–Kier alpha value is -1.05. The Kier molecular flexibility index (Phi) is 5.64. The first-order chi connectivity index (χ1) is 8.47. The molecule has 4 heteroatoms. The van der Waals surface area contributed by atoms with Crippen LogP contribution in [0.3, 0.4) is 0 Å². The van der Waals surface area contributed by atoms with Crippen molar-refractivity contribution >= 4 is 13.6 Å². The standard InChI is InChI=1S/C14H20O3P/c1-5-6-7-17-18(16)14(15)13-11(3)8-10(2)9-12(13)4/h8-9H,5-7H2,1-4H3/q+1. The summed E-state index contributed by atoms with van der Waals surface area (Å²) in [5.41, 5.74) is 2.97. The molecule has 0 fully saturated rings. The van der Waals surface area contributed by atoms with Gasteiger partial charge in [0.2, 0.25) is 0 Å². The van der Waals surface area contributed by atoms with Crippen LogP contribution in [0.4, 0.5) is 0 Å². The Morgan fingerprint density at radius 1 is 1.22 bits per heavy atom. The van der Waals surface area contributed by atoms with E-state index in [1.54, 1.807) is 0 Å². The Morgan fingerprint density at radius 2 is 1.78 bits per heavy atom. The van der Waals surface area contributed by atoms with Crippen LogP contribution >= 0.6 is 8.03 Å². The van der Waals surface area contributed by atoms with Crippen LogP contribution < -0.4 is 0 Å². The zero-order valence-electron chi connectivity index (χ0n) is 11.4. The topological polar surface area (TPSA) is 43.4 Å². The number of aryl methyl sites for hydroxylation is 3. The Balaban J connectivity index is 2.87. The van der Waals surface area contributed by atoms with Gasteiger partial charge in [-0.3, -0.25) is 0 Å². The smallest absolute Gasteiger partial charge is 0.231 e. The zero-order valence-corrected chi connectivity index (χ0v) is 12.3. The molecule has 0 radical (unpaired) electrons. The van der Waals surface area contributed by atoms with Crippen LogP contribution in [0.1, 0.15) is 46.8 Å². The number of benzene rings is 1. The van der Waals surface area contributed by atoms with Crippen LogP contribution in [0.2, 0.25) is 0 Å². The van der Waals surface area contributed by atoms with Crippen molar-refractivity contribution in [2.75, 3.05) is 6.61 Å². The number of hydrogen-bond acceptors (Lipinski definition) is 3. The third-order valence-electron chi connectivity index (χ3n) is 2.76. The van der Waals surface area contributed by atoms with E-state index in [1.807, 2.05) is 39.8 Å². The van der Waals surface area contributed by atoms with Crippen LogP contribution in [0.25, 0.3) is 0 Å². The van der Waals surface area contributed by atoms with E-state index in [0.29, 0.717) is 12.2 Å². The van der Waals surface area contributed by atoms with Crippen molar-refractivity contribution in [2.24, 2.45) is 0 Å². The van der Waals surface area contributed by atoms with Gasteiger partial charge in [0.05, 0.1) is 5.56 Å². The molecule has 0 bridgehead atoms. The van der Waals surface area contributed by atoms with Gasteiger partial charge in [-0.15, -0.1) is 4.52 Å². The minimum absolute atomic E-state index is 0.376. The summed E-state index contributed by atoms with van der Waals surface area (Å²) in [7, 11) is -2.26. The molecule has 0 aliphatic carbocycles. The van der Waals surface area contributed by atoms with Crippen LogP contribution in [-0.4, -0.2) is 12.1 Å². The van der Waals surface area contributed by atoms with E-state index >= 15 is 0 Å². The monoisotopic (exact) mass is 267 g/mol. The molecule has 0 heterocycles. The van der Waals surface area contributed by atoms with Crippen LogP contribution in [-0.2, 0) is 9.09 Å². The molecule has 1 aromatic carbocycles. The van der Waals surface area contributed by atoms with Gasteiger partial charge in [0.1, 0.15) is 6.61 Å². The van der Waals surface area contributed by atoms with Crippen molar-refractivity contribution in [1.29, 1.82) is 0 Å². The van der Waals surface area contributed by atoms with E-state index < -0.39 is 13.6 Å². The molecule has 0 amide bonds. The molecule has 1 rings (SSSR count). The molecule has 1 atom stereocenters. The van der Waals surface area contributed by atoms with Gasteiger partial charge in [0.15, 0.2) is 0 Å². The average molecular weight is 267 g/mol. The summed E-state index contributed by atoms with van der Waals surface area (Å²) in [5.74, 6) is 0. The predicted molar refractivity (Wildman–Crippen MR) is 73.5 cm³/mol. The van der Waals surface area contributed by atoms with Gasteiger partial charge in [-0.25, -0.2) is 4.79 Å². The number of carbonyl (C=O) groups excluding carboxylic acids is 1. The number of hydrogen-bond donors (Lipinski definition) is 0. The van der Waals surface area contributed by atoms with Crippen LogP contribution in [0, 0.1) is 20.8 Å². The van der Waals surface area contributed by atoms with E-state index in [4.69, 9.17) is 4.52 Å². The number of carbonyl (C=O) groups is 1. The van der Waals surface area contributed by atoms with E-state index in [2.05, 4.69) is 0 Å². The van der Waals surface area contributed by atoms with Crippen molar-refractivity contribution in [3.8, 4) is 0 Å². The fraction of sp³-hybridized carbons (Fsp3) is 0.500. The van der Waals surface area contributed by atoms with E-state index in [9.17, 15) is 9.36 Å². The first kappa shape index (κ1) is 15.0. The molecular formula is C14H20O3P+. The summed E-state index contributed by atoms with van der Waals surface area (Å²) >= 11 is 0. The van der Waals surface area contributed by atoms with Gasteiger partial charge < -0.3 is 0 Å². The predicted octanol–water partition coefficient (Wildman–Crippen LogP) is 4.31. The van der Waals surface area contributed by atoms with Gasteiger partial charge in [-0.2, -0.15) is 0 Å². The van der Waals surface area contributed by atoms with Crippen molar-refractivity contribution in [3.63, 3.8) is 0 Å². The van der Waals surface area contributed by atoms with Gasteiger partial charge in [-0.1, -0.05) is 31.0 Å². The third kappa shape index (κ3) is 3.72. The molecule has 0 saturated heterocycles. The molecule has 0 aliphatic heterocycles. The molecule has 0 aromatic heterocycles. The molecule has 0 N–H and O–H groups in total. The number of unbranched alkanes of at least 4 members (excludes halogenated alkanes) is 1. The molecular weight excluding hydrogens is 247 g/mol. The lowest BCUT2D eigenvalue weighted by molar-refractivity contribution is 0.105. The van der Waals surface area contributed by atoms with Crippen molar-refractivity contribution < 1.29 is 13.9 Å². The highest BCUT2D eigenvalue weighted by Gasteiger charge is 2.34. The fourth-order valence-electron chi connectivity index (χ4n) is 1.96. The second kappa shape index (κ2) is 6.77. The lowest BCUT2D eigenvalue weighted by atomic mass is 10.0. The highest BCUT2D eigenvalue weighted by molar-refractivity contribution is 7.60. The maximum atomic E-state index is 12.1. The molecule has 1 unspecified atom stereocenters. The van der Waals surface area contributed by atoms with E-state index in [0.717, 1.165) is 29.5 Å². The molecule has 0 spiro atoms. The van der Waals surface area contributed by atoms with Gasteiger partial charge >= 0.3 is 13.6 Å². The lowest BCUT2D eigenvalue weighted by Gasteiger charge is -2.04. The Bertz CT molecular complexity index is 443. The first-order valence-corrected chi connectivity index (χ1v) is 7.37. The quantitative estimate of drug-likeness (QED) is 0.569. The van der Waals surface area contributed by atoms with Crippen molar-refractivity contribution in [1.82, 2.24) is 0 Å². The minimum Gasteiger partial charge on any atom is -0.231 e. The summed E-state index contributed by atoms with van der Waals surface area (Å²) in [6, 6.07) is 3.85. The minimum atomic E-state index is -2.26. The Labute approximate surface area is 109 Å². The van der Waals surface area contributed by atoms with Gasteiger partial charge in [-0.05, 0) is 42.9 Å². The zero-order chi connectivity index (χ0) is 13.7. The molecule has 98 valence electrons. The van der Waals surface area contributed by atoms with Crippen molar-refractivity contribution in [3.05, 3.63) is 34.4 Å². The normalized spacial score (nSPS) is 11.4. The van der Waals surface area contributed by atoms with Gasteiger partial charge in [0.25, 0.3) is 0 Å². The second-order valence-electron chi connectivity index (χ2n) is 4.52. The average Bonchev–Trinajstić information content (AvgIpc) is 2.27. The Morgan fingerprint density at radius 3 is 2.28 bits per heavy atom.